The van der Waals surface area contributed by atoms with Crippen LogP contribution in [0.5, 0.6) is 0 Å². The molecule has 8 nitrogen and oxygen atoms in total. The number of fused-ring (bicyclic) bond motifs is 1. The van der Waals surface area contributed by atoms with E-state index in [4.69, 9.17) is 14.0 Å². The largest absolute Gasteiger partial charge is 0.494 e. The highest BCUT2D eigenvalue weighted by Crippen LogP contribution is 2.36. The van der Waals surface area contributed by atoms with Gasteiger partial charge in [0.2, 0.25) is 0 Å². The minimum Gasteiger partial charge on any atom is -0.465 e. The van der Waals surface area contributed by atoms with E-state index in [-0.39, 0.29) is 23.9 Å². The molecule has 0 aliphatic carbocycles. The van der Waals surface area contributed by atoms with Crippen LogP contribution in [0.2, 0.25) is 0 Å². The van der Waals surface area contributed by atoms with Crippen molar-refractivity contribution in [1.82, 2.24) is 14.8 Å². The molecule has 0 bridgehead atoms. The fourth-order valence-electron chi connectivity index (χ4n) is 3.86. The highest BCUT2D eigenvalue weighted by atomic mass is 79.9. The number of carbonyl (C=O) groups is 1. The zero-order chi connectivity index (χ0) is 26.8. The maximum absolute atomic E-state index is 11.8. The monoisotopic (exact) mass is 565 g/mol. The van der Waals surface area contributed by atoms with E-state index in [2.05, 4.69) is 53.8 Å². The number of aromatic nitrogens is 3. The molecule has 0 unspecified atom stereocenters. The van der Waals surface area contributed by atoms with Gasteiger partial charge in [-0.05, 0) is 72.9 Å². The summed E-state index contributed by atoms with van der Waals surface area (Å²) in [4.78, 5) is 23.4. The second kappa shape index (κ2) is 10.6. The molecule has 10 heteroatoms. The Morgan fingerprint density at radius 3 is 2.49 bits per heavy atom. The van der Waals surface area contributed by atoms with Crippen LogP contribution in [-0.2, 0) is 20.6 Å². The Hall–Kier alpha value is -3.21. The Bertz CT molecular complexity index is 1460. The normalized spacial score (nSPS) is 15.8. The summed E-state index contributed by atoms with van der Waals surface area (Å²) in [5, 5.41) is 8.08. The van der Waals surface area contributed by atoms with Crippen molar-refractivity contribution in [2.45, 2.75) is 45.4 Å². The number of halogens is 1. The highest BCUT2D eigenvalue weighted by molar-refractivity contribution is 9.10. The van der Waals surface area contributed by atoms with Crippen molar-refractivity contribution in [1.29, 1.82) is 0 Å². The number of nitrogens with one attached hydrogen (secondary N) is 1. The quantitative estimate of drug-likeness (QED) is 0.293. The number of benzene rings is 2. The molecule has 0 atom stereocenters. The van der Waals surface area contributed by atoms with Crippen LogP contribution in [0.25, 0.3) is 10.9 Å². The van der Waals surface area contributed by atoms with Gasteiger partial charge in [0.15, 0.2) is 0 Å². The summed E-state index contributed by atoms with van der Waals surface area (Å²) in [6.45, 7) is 8.55. The third-order valence-corrected chi connectivity index (χ3v) is 7.17. The lowest BCUT2D eigenvalue weighted by Gasteiger charge is -2.32. The summed E-state index contributed by atoms with van der Waals surface area (Å²) in [6.07, 6.45) is 3.50. The SMILES string of the molecule is CC1(C)OB(c2ccc3cn[nH]c3c2)OC1(C)C.COC(=O)c1ccccc1Cn1cc(Br)ccc1=O. The number of pyridine rings is 1. The van der Waals surface area contributed by atoms with E-state index < -0.39 is 5.97 Å². The summed E-state index contributed by atoms with van der Waals surface area (Å²) < 4.78 is 19.1. The van der Waals surface area contributed by atoms with Crippen molar-refractivity contribution < 1.29 is 18.8 Å². The number of H-pyrrole nitrogens is 1. The van der Waals surface area contributed by atoms with Crippen LogP contribution in [0.3, 0.4) is 0 Å². The topological polar surface area (TPSA) is 95.4 Å². The highest BCUT2D eigenvalue weighted by Gasteiger charge is 2.51. The van der Waals surface area contributed by atoms with E-state index in [0.29, 0.717) is 12.1 Å². The van der Waals surface area contributed by atoms with Gasteiger partial charge in [0.1, 0.15) is 0 Å². The van der Waals surface area contributed by atoms with E-state index in [1.165, 1.54) is 17.7 Å². The van der Waals surface area contributed by atoms with Gasteiger partial charge in [0.25, 0.3) is 5.56 Å². The Balaban J connectivity index is 0.000000173. The average Bonchev–Trinajstić information content (AvgIpc) is 3.42. The molecular weight excluding hydrogens is 537 g/mol. The molecule has 4 aromatic rings. The van der Waals surface area contributed by atoms with Gasteiger partial charge in [-0.3, -0.25) is 9.89 Å². The lowest BCUT2D eigenvalue weighted by molar-refractivity contribution is 0.00578. The lowest BCUT2D eigenvalue weighted by atomic mass is 9.79. The van der Waals surface area contributed by atoms with Gasteiger partial charge in [-0.25, -0.2) is 4.79 Å². The number of carbonyl (C=O) groups excluding carboxylic acids is 1. The van der Waals surface area contributed by atoms with Gasteiger partial charge in [-0.2, -0.15) is 5.10 Å². The Morgan fingerprint density at radius 2 is 1.78 bits per heavy atom. The molecule has 0 radical (unpaired) electrons. The van der Waals surface area contributed by atoms with Crippen molar-refractivity contribution >= 4 is 45.4 Å². The Morgan fingerprint density at radius 1 is 1.08 bits per heavy atom. The zero-order valence-corrected chi connectivity index (χ0v) is 23.0. The third kappa shape index (κ3) is 5.87. The molecule has 1 fully saturated rings. The Kier molecular flexibility index (Phi) is 7.73. The van der Waals surface area contributed by atoms with Gasteiger partial charge in [0.05, 0.1) is 42.1 Å². The number of ether oxygens (including phenoxy) is 1. The molecular formula is C27H29BBrN3O5. The number of hydrogen-bond acceptors (Lipinski definition) is 6. The maximum atomic E-state index is 11.8. The molecule has 1 aliphatic heterocycles. The average molecular weight is 566 g/mol. The first-order valence-corrected chi connectivity index (χ1v) is 12.6. The zero-order valence-electron chi connectivity index (χ0n) is 21.4. The lowest BCUT2D eigenvalue weighted by Crippen LogP contribution is -2.41. The molecule has 1 aliphatic rings. The van der Waals surface area contributed by atoms with Gasteiger partial charge in [-0.1, -0.05) is 30.3 Å². The number of hydrogen-bond donors (Lipinski definition) is 1. The van der Waals surface area contributed by atoms with E-state index >= 15 is 0 Å². The summed E-state index contributed by atoms with van der Waals surface area (Å²) in [7, 11) is 1.02. The van der Waals surface area contributed by atoms with Crippen LogP contribution >= 0.6 is 15.9 Å². The van der Waals surface area contributed by atoms with Gasteiger partial charge < -0.3 is 18.6 Å². The number of rotatable bonds is 4. The van der Waals surface area contributed by atoms with Crippen LogP contribution in [0.1, 0.15) is 43.6 Å². The van der Waals surface area contributed by atoms with Gasteiger partial charge >= 0.3 is 13.1 Å². The maximum Gasteiger partial charge on any atom is 0.494 e. The second-order valence-corrected chi connectivity index (χ2v) is 10.7. The van der Waals surface area contributed by atoms with Gasteiger partial charge in [0, 0.05) is 22.1 Å². The molecule has 0 amide bonds. The fourth-order valence-corrected chi connectivity index (χ4v) is 4.24. The predicted molar refractivity (Wildman–Crippen MR) is 147 cm³/mol. The molecule has 0 saturated carbocycles. The second-order valence-electron chi connectivity index (χ2n) is 9.77. The molecule has 0 spiro atoms. The van der Waals surface area contributed by atoms with Crippen molar-refractivity contribution in [3.63, 3.8) is 0 Å². The van der Waals surface area contributed by atoms with Crippen LogP contribution in [0.4, 0.5) is 0 Å². The Labute approximate surface area is 224 Å². The third-order valence-electron chi connectivity index (χ3n) is 6.70. The van der Waals surface area contributed by atoms with E-state index in [0.717, 1.165) is 26.4 Å². The van der Waals surface area contributed by atoms with E-state index in [9.17, 15) is 9.59 Å². The predicted octanol–water partition coefficient (Wildman–Crippen LogP) is 4.31. The smallest absolute Gasteiger partial charge is 0.465 e. The van der Waals surface area contributed by atoms with Crippen LogP contribution in [-0.4, -0.2) is 46.2 Å². The standard InChI is InChI=1S/C14H12BrNO3.C13H17BN2O2/c1-19-14(18)12-5-3-2-4-10(12)8-16-9-11(15)6-7-13(16)17;1-12(2)13(3,4)18-14(17-12)10-6-5-9-8-15-16-11(9)7-10/h2-7,9H,8H2,1H3;5-8H,1-4H3,(H,15,16). The minimum atomic E-state index is -0.404. The molecule has 1 saturated heterocycles. The van der Waals surface area contributed by atoms with Crippen molar-refractivity contribution in [3.05, 3.63) is 92.9 Å². The molecule has 192 valence electrons. The van der Waals surface area contributed by atoms with E-state index in [1.54, 1.807) is 30.5 Å². The summed E-state index contributed by atoms with van der Waals surface area (Å²) >= 11 is 3.32. The first-order chi connectivity index (χ1) is 17.5. The van der Waals surface area contributed by atoms with E-state index in [1.807, 2.05) is 30.5 Å². The summed E-state index contributed by atoms with van der Waals surface area (Å²) in [5.41, 5.74) is 2.50. The number of esters is 1. The van der Waals surface area contributed by atoms with Gasteiger partial charge in [-0.15, -0.1) is 0 Å². The van der Waals surface area contributed by atoms with Crippen LogP contribution < -0.4 is 11.0 Å². The molecule has 5 rings (SSSR count). The number of methoxy groups -OCH3 is 1. The fraction of sp³-hybridized carbons (Fsp3) is 0.296. The molecule has 37 heavy (non-hydrogen) atoms. The molecule has 1 N–H and O–H groups in total. The van der Waals surface area contributed by atoms with Crippen LogP contribution in [0, 0.1) is 0 Å². The molecule has 3 heterocycles. The molecule has 2 aromatic heterocycles. The van der Waals surface area contributed by atoms with Crippen molar-refractivity contribution in [2.75, 3.05) is 7.11 Å². The first-order valence-electron chi connectivity index (χ1n) is 11.8. The van der Waals surface area contributed by atoms with Crippen LogP contribution in [0.15, 0.2) is 76.3 Å². The summed E-state index contributed by atoms with van der Waals surface area (Å²) in [5.74, 6) is -0.404. The number of nitrogens with zero attached hydrogens (tertiary/aromatic N) is 2. The minimum absolute atomic E-state index is 0.122. The first kappa shape index (κ1) is 26.8. The van der Waals surface area contributed by atoms with Crippen molar-refractivity contribution in [2.24, 2.45) is 0 Å². The van der Waals surface area contributed by atoms with Crippen molar-refractivity contribution in [3.8, 4) is 0 Å². The number of aromatic amines is 1. The molecule has 2 aromatic carbocycles. The summed E-state index contributed by atoms with van der Waals surface area (Å²) in [6, 6.07) is 16.3.